The predicted octanol–water partition coefficient (Wildman–Crippen LogP) is -0.726. The zero-order valence-electron chi connectivity index (χ0n) is 8.18. The van der Waals surface area contributed by atoms with Gasteiger partial charge in [-0.1, -0.05) is 0 Å². The van der Waals surface area contributed by atoms with Gasteiger partial charge in [-0.3, -0.25) is 9.69 Å². The van der Waals surface area contributed by atoms with Gasteiger partial charge in [0.15, 0.2) is 0 Å². The first kappa shape index (κ1) is 11.4. The van der Waals surface area contributed by atoms with Crippen LogP contribution in [-0.4, -0.2) is 51.6 Å². The standard InChI is InChI=1S/C8H19N3O/c1-9-5-4-6-11(3)7-8(12)10-2/h9H,4-7H2,1-3H3,(H,10,12). The van der Waals surface area contributed by atoms with Crippen LogP contribution in [0.3, 0.4) is 0 Å². The second kappa shape index (κ2) is 7.06. The van der Waals surface area contributed by atoms with Crippen LogP contribution in [0.15, 0.2) is 0 Å². The fraction of sp³-hybridized carbons (Fsp3) is 0.875. The maximum atomic E-state index is 10.9. The van der Waals surface area contributed by atoms with Gasteiger partial charge in [-0.15, -0.1) is 0 Å². The minimum absolute atomic E-state index is 0.0713. The first-order chi connectivity index (χ1) is 5.70. The van der Waals surface area contributed by atoms with Gasteiger partial charge >= 0.3 is 0 Å². The molecule has 0 fully saturated rings. The quantitative estimate of drug-likeness (QED) is 0.521. The largest absolute Gasteiger partial charge is 0.358 e. The van der Waals surface area contributed by atoms with Crippen molar-refractivity contribution in [1.82, 2.24) is 15.5 Å². The molecule has 0 rings (SSSR count). The topological polar surface area (TPSA) is 44.4 Å². The van der Waals surface area contributed by atoms with E-state index in [0.29, 0.717) is 6.54 Å². The summed E-state index contributed by atoms with van der Waals surface area (Å²) in [5, 5.41) is 5.65. The van der Waals surface area contributed by atoms with E-state index in [9.17, 15) is 4.79 Å². The Labute approximate surface area is 74.3 Å². The Balaban J connectivity index is 3.32. The van der Waals surface area contributed by atoms with Crippen molar-refractivity contribution < 1.29 is 4.79 Å². The number of amides is 1. The van der Waals surface area contributed by atoms with Crippen molar-refractivity contribution in [2.75, 3.05) is 40.8 Å². The molecule has 0 saturated carbocycles. The molecule has 1 amide bonds. The highest BCUT2D eigenvalue weighted by Gasteiger charge is 2.02. The third kappa shape index (κ3) is 6.12. The van der Waals surface area contributed by atoms with Crippen molar-refractivity contribution in [2.24, 2.45) is 0 Å². The fourth-order valence-electron chi connectivity index (χ4n) is 0.929. The summed E-state index contributed by atoms with van der Waals surface area (Å²) >= 11 is 0. The lowest BCUT2D eigenvalue weighted by molar-refractivity contribution is -0.121. The van der Waals surface area contributed by atoms with Crippen molar-refractivity contribution in [1.29, 1.82) is 0 Å². The number of hydrogen-bond donors (Lipinski definition) is 2. The number of carbonyl (C=O) groups excluding carboxylic acids is 1. The predicted molar refractivity (Wildman–Crippen MR) is 50.1 cm³/mol. The molecule has 0 aromatic rings. The summed E-state index contributed by atoms with van der Waals surface area (Å²) in [7, 11) is 5.54. The van der Waals surface area contributed by atoms with Crippen LogP contribution in [0.25, 0.3) is 0 Å². The van der Waals surface area contributed by atoms with E-state index in [1.807, 2.05) is 19.0 Å². The Hall–Kier alpha value is -0.610. The Kier molecular flexibility index (Phi) is 6.70. The van der Waals surface area contributed by atoms with Crippen LogP contribution >= 0.6 is 0 Å². The molecule has 0 aliphatic heterocycles. The van der Waals surface area contributed by atoms with Crippen molar-refractivity contribution in [3.05, 3.63) is 0 Å². The van der Waals surface area contributed by atoms with E-state index >= 15 is 0 Å². The highest BCUT2D eigenvalue weighted by atomic mass is 16.1. The molecule has 0 aromatic carbocycles. The minimum atomic E-state index is 0.0713. The van der Waals surface area contributed by atoms with E-state index in [-0.39, 0.29) is 5.91 Å². The lowest BCUT2D eigenvalue weighted by Gasteiger charge is -2.14. The zero-order valence-corrected chi connectivity index (χ0v) is 8.18. The van der Waals surface area contributed by atoms with Crippen LogP contribution in [0.2, 0.25) is 0 Å². The minimum Gasteiger partial charge on any atom is -0.358 e. The van der Waals surface area contributed by atoms with Crippen LogP contribution in [0, 0.1) is 0 Å². The van der Waals surface area contributed by atoms with Crippen molar-refractivity contribution >= 4 is 5.91 Å². The Morgan fingerprint density at radius 2 is 2.08 bits per heavy atom. The summed E-state index contributed by atoms with van der Waals surface area (Å²) in [5.41, 5.74) is 0. The number of likely N-dealkylation sites (N-methyl/N-ethyl adjacent to an activating group) is 2. The number of carbonyl (C=O) groups is 1. The van der Waals surface area contributed by atoms with Gasteiger partial charge in [-0.25, -0.2) is 0 Å². The summed E-state index contributed by atoms with van der Waals surface area (Å²) in [5.74, 6) is 0.0713. The number of nitrogens with one attached hydrogen (secondary N) is 2. The molecule has 0 aliphatic carbocycles. The van der Waals surface area contributed by atoms with Crippen molar-refractivity contribution in [3.8, 4) is 0 Å². The molecule has 0 unspecified atom stereocenters. The molecular formula is C8H19N3O. The lowest BCUT2D eigenvalue weighted by atomic mass is 10.4. The highest BCUT2D eigenvalue weighted by Crippen LogP contribution is 1.85. The molecule has 12 heavy (non-hydrogen) atoms. The fourth-order valence-corrected chi connectivity index (χ4v) is 0.929. The zero-order chi connectivity index (χ0) is 9.40. The molecule has 0 atom stereocenters. The molecule has 72 valence electrons. The van der Waals surface area contributed by atoms with E-state index < -0.39 is 0 Å². The molecular weight excluding hydrogens is 154 g/mol. The van der Waals surface area contributed by atoms with E-state index in [2.05, 4.69) is 10.6 Å². The van der Waals surface area contributed by atoms with Crippen LogP contribution in [-0.2, 0) is 4.79 Å². The third-order valence-corrected chi connectivity index (χ3v) is 1.66. The van der Waals surface area contributed by atoms with Crippen LogP contribution in [0.4, 0.5) is 0 Å². The van der Waals surface area contributed by atoms with E-state index in [4.69, 9.17) is 0 Å². The number of hydrogen-bond acceptors (Lipinski definition) is 3. The van der Waals surface area contributed by atoms with Gasteiger partial charge in [0, 0.05) is 7.05 Å². The third-order valence-electron chi connectivity index (χ3n) is 1.66. The first-order valence-corrected chi connectivity index (χ1v) is 4.24. The Morgan fingerprint density at radius 3 is 2.58 bits per heavy atom. The molecule has 0 heterocycles. The summed E-state index contributed by atoms with van der Waals surface area (Å²) < 4.78 is 0. The summed E-state index contributed by atoms with van der Waals surface area (Å²) in [6.45, 7) is 2.44. The lowest BCUT2D eigenvalue weighted by Crippen LogP contribution is -2.34. The molecule has 2 N–H and O–H groups in total. The summed E-state index contributed by atoms with van der Waals surface area (Å²) in [6.07, 6.45) is 1.07. The van der Waals surface area contributed by atoms with Crippen LogP contribution < -0.4 is 10.6 Å². The van der Waals surface area contributed by atoms with Gasteiger partial charge < -0.3 is 10.6 Å². The molecule has 4 heteroatoms. The Bertz CT molecular complexity index is 127. The average Bonchev–Trinajstić information content (AvgIpc) is 2.05. The molecule has 0 aromatic heterocycles. The van der Waals surface area contributed by atoms with Gasteiger partial charge in [0.1, 0.15) is 0 Å². The van der Waals surface area contributed by atoms with E-state index in [1.165, 1.54) is 0 Å². The van der Waals surface area contributed by atoms with Crippen molar-refractivity contribution in [3.63, 3.8) is 0 Å². The highest BCUT2D eigenvalue weighted by molar-refractivity contribution is 5.77. The normalized spacial score (nSPS) is 10.3. The molecule has 4 nitrogen and oxygen atoms in total. The monoisotopic (exact) mass is 173 g/mol. The second-order valence-electron chi connectivity index (χ2n) is 2.87. The average molecular weight is 173 g/mol. The molecule has 0 aliphatic rings. The van der Waals surface area contributed by atoms with Gasteiger partial charge in [0.2, 0.25) is 5.91 Å². The molecule has 0 spiro atoms. The SMILES string of the molecule is CNCCCN(C)CC(=O)NC. The molecule has 0 saturated heterocycles. The van der Waals surface area contributed by atoms with Gasteiger partial charge in [-0.2, -0.15) is 0 Å². The van der Waals surface area contributed by atoms with Crippen molar-refractivity contribution in [2.45, 2.75) is 6.42 Å². The summed E-state index contributed by atoms with van der Waals surface area (Å²) in [6, 6.07) is 0. The van der Waals surface area contributed by atoms with Gasteiger partial charge in [-0.05, 0) is 33.6 Å². The van der Waals surface area contributed by atoms with Crippen LogP contribution in [0.1, 0.15) is 6.42 Å². The molecule has 0 radical (unpaired) electrons. The summed E-state index contributed by atoms with van der Waals surface area (Å²) in [4.78, 5) is 12.9. The van der Waals surface area contributed by atoms with Crippen LogP contribution in [0.5, 0.6) is 0 Å². The first-order valence-electron chi connectivity index (χ1n) is 4.24. The smallest absolute Gasteiger partial charge is 0.233 e. The molecule has 0 bridgehead atoms. The van der Waals surface area contributed by atoms with Gasteiger partial charge in [0.05, 0.1) is 6.54 Å². The maximum Gasteiger partial charge on any atom is 0.233 e. The van der Waals surface area contributed by atoms with Gasteiger partial charge in [0.25, 0.3) is 0 Å². The second-order valence-corrected chi connectivity index (χ2v) is 2.87. The van der Waals surface area contributed by atoms with E-state index in [0.717, 1.165) is 19.5 Å². The number of rotatable bonds is 6. The number of nitrogens with zero attached hydrogens (tertiary/aromatic N) is 1. The Morgan fingerprint density at radius 1 is 1.42 bits per heavy atom. The van der Waals surface area contributed by atoms with E-state index in [1.54, 1.807) is 7.05 Å². The maximum absolute atomic E-state index is 10.9.